The Balaban J connectivity index is 2.41. The summed E-state index contributed by atoms with van der Waals surface area (Å²) in [7, 11) is -2.74. The van der Waals surface area contributed by atoms with Gasteiger partial charge in [-0.15, -0.1) is 0 Å². The fourth-order valence-corrected chi connectivity index (χ4v) is 5.01. The van der Waals surface area contributed by atoms with E-state index < -0.39 is 9.84 Å². The Morgan fingerprint density at radius 2 is 1.90 bits per heavy atom. The van der Waals surface area contributed by atoms with Crippen molar-refractivity contribution in [3.05, 3.63) is 0 Å². The van der Waals surface area contributed by atoms with Gasteiger partial charge in [-0.3, -0.25) is 0 Å². The summed E-state index contributed by atoms with van der Waals surface area (Å²) < 4.78 is 23.4. The van der Waals surface area contributed by atoms with Crippen molar-refractivity contribution < 1.29 is 8.42 Å². The molecule has 1 rings (SSSR count). The molecule has 0 aromatic heterocycles. The smallest absolute Gasteiger partial charge is 0.150 e. The Bertz CT molecular complexity index is 351. The first-order chi connectivity index (χ1) is 9.44. The molecule has 1 aliphatic rings. The normalized spacial score (nSPS) is 23.3. The van der Waals surface area contributed by atoms with E-state index in [4.69, 9.17) is 0 Å². The van der Waals surface area contributed by atoms with Crippen LogP contribution in [0, 0.1) is 17.8 Å². The van der Waals surface area contributed by atoms with E-state index in [0.717, 1.165) is 19.5 Å². The van der Waals surface area contributed by atoms with Crippen molar-refractivity contribution in [1.29, 1.82) is 0 Å². The van der Waals surface area contributed by atoms with Crippen molar-refractivity contribution in [2.45, 2.75) is 59.3 Å². The van der Waals surface area contributed by atoms with Crippen molar-refractivity contribution in [3.63, 3.8) is 0 Å². The molecule has 0 bridgehead atoms. The average molecular weight is 304 g/mol. The summed E-state index contributed by atoms with van der Waals surface area (Å²) >= 11 is 0. The fourth-order valence-electron chi connectivity index (χ4n) is 3.09. The van der Waals surface area contributed by atoms with Crippen LogP contribution in [0.1, 0.15) is 59.3 Å². The van der Waals surface area contributed by atoms with E-state index >= 15 is 0 Å². The lowest BCUT2D eigenvalue weighted by molar-refractivity contribution is 0.310. The molecule has 0 aromatic carbocycles. The highest BCUT2D eigenvalue weighted by Crippen LogP contribution is 2.29. The van der Waals surface area contributed by atoms with Crippen LogP contribution in [0.2, 0.25) is 0 Å². The maximum absolute atomic E-state index is 11.7. The zero-order chi connectivity index (χ0) is 15.0. The SMILES string of the molecule is CCCCCCC(CNCC(C)C)C1CCS(=O)(=O)C1. The van der Waals surface area contributed by atoms with Gasteiger partial charge in [-0.1, -0.05) is 46.5 Å². The van der Waals surface area contributed by atoms with Gasteiger partial charge < -0.3 is 5.32 Å². The highest BCUT2D eigenvalue weighted by molar-refractivity contribution is 7.91. The third-order valence-electron chi connectivity index (χ3n) is 4.32. The second-order valence-corrected chi connectivity index (χ2v) is 9.05. The molecule has 120 valence electrons. The van der Waals surface area contributed by atoms with E-state index in [1.165, 1.54) is 32.1 Å². The van der Waals surface area contributed by atoms with Crippen LogP contribution in [0.5, 0.6) is 0 Å². The Kier molecular flexibility index (Phi) is 8.11. The zero-order valence-corrected chi connectivity index (χ0v) is 14.3. The van der Waals surface area contributed by atoms with Gasteiger partial charge in [0.15, 0.2) is 9.84 Å². The van der Waals surface area contributed by atoms with Crippen LogP contribution >= 0.6 is 0 Å². The predicted octanol–water partition coefficient (Wildman–Crippen LogP) is 3.25. The summed E-state index contributed by atoms with van der Waals surface area (Å²) in [6.45, 7) is 8.67. The first-order valence-electron chi connectivity index (χ1n) is 8.35. The summed E-state index contributed by atoms with van der Waals surface area (Å²) in [5, 5.41) is 3.54. The van der Waals surface area contributed by atoms with Crippen LogP contribution in [0.3, 0.4) is 0 Å². The number of unbranched alkanes of at least 4 members (excludes halogenated alkanes) is 3. The van der Waals surface area contributed by atoms with E-state index in [1.807, 2.05) is 0 Å². The second-order valence-electron chi connectivity index (χ2n) is 6.82. The minimum atomic E-state index is -2.74. The van der Waals surface area contributed by atoms with Gasteiger partial charge in [-0.2, -0.15) is 0 Å². The monoisotopic (exact) mass is 303 g/mol. The lowest BCUT2D eigenvalue weighted by Gasteiger charge is -2.23. The molecular weight excluding hydrogens is 270 g/mol. The second kappa shape index (κ2) is 9.04. The Morgan fingerprint density at radius 1 is 1.15 bits per heavy atom. The third-order valence-corrected chi connectivity index (χ3v) is 6.12. The lowest BCUT2D eigenvalue weighted by atomic mass is 9.87. The predicted molar refractivity (Wildman–Crippen MR) is 86.7 cm³/mol. The van der Waals surface area contributed by atoms with E-state index in [-0.39, 0.29) is 0 Å². The van der Waals surface area contributed by atoms with Crippen molar-refractivity contribution >= 4 is 9.84 Å². The van der Waals surface area contributed by atoms with Gasteiger partial charge >= 0.3 is 0 Å². The van der Waals surface area contributed by atoms with Crippen LogP contribution in [0.4, 0.5) is 0 Å². The summed E-state index contributed by atoms with van der Waals surface area (Å²) in [5.74, 6) is 2.43. The molecule has 0 saturated carbocycles. The first-order valence-corrected chi connectivity index (χ1v) is 10.2. The van der Waals surface area contributed by atoms with E-state index in [9.17, 15) is 8.42 Å². The molecule has 0 aromatic rings. The molecule has 1 heterocycles. The van der Waals surface area contributed by atoms with Gasteiger partial charge in [0, 0.05) is 0 Å². The Morgan fingerprint density at radius 3 is 2.45 bits per heavy atom. The number of hydrogen-bond donors (Lipinski definition) is 1. The Labute approximate surface area is 125 Å². The van der Waals surface area contributed by atoms with Crippen LogP contribution < -0.4 is 5.32 Å². The molecule has 20 heavy (non-hydrogen) atoms. The van der Waals surface area contributed by atoms with Gasteiger partial charge in [0.1, 0.15) is 0 Å². The summed E-state index contributed by atoms with van der Waals surface area (Å²) in [4.78, 5) is 0. The largest absolute Gasteiger partial charge is 0.316 e. The van der Waals surface area contributed by atoms with Crippen molar-refractivity contribution in [1.82, 2.24) is 5.32 Å². The third kappa shape index (κ3) is 7.07. The molecular formula is C16H33NO2S. The zero-order valence-electron chi connectivity index (χ0n) is 13.5. The molecule has 4 heteroatoms. The molecule has 1 saturated heterocycles. The highest BCUT2D eigenvalue weighted by atomic mass is 32.2. The number of nitrogens with one attached hydrogen (secondary N) is 1. The molecule has 2 atom stereocenters. The Hall–Kier alpha value is -0.0900. The minimum absolute atomic E-state index is 0.390. The molecule has 1 fully saturated rings. The maximum Gasteiger partial charge on any atom is 0.150 e. The molecule has 0 spiro atoms. The van der Waals surface area contributed by atoms with E-state index in [0.29, 0.717) is 29.3 Å². The van der Waals surface area contributed by atoms with Gasteiger partial charge in [-0.25, -0.2) is 8.42 Å². The van der Waals surface area contributed by atoms with Gasteiger partial charge in [0.2, 0.25) is 0 Å². The van der Waals surface area contributed by atoms with Crippen LogP contribution in [-0.4, -0.2) is 33.0 Å². The quantitative estimate of drug-likeness (QED) is 0.630. The minimum Gasteiger partial charge on any atom is -0.316 e. The fraction of sp³-hybridized carbons (Fsp3) is 1.00. The molecule has 3 nitrogen and oxygen atoms in total. The summed E-state index contributed by atoms with van der Waals surface area (Å²) in [6, 6.07) is 0. The lowest BCUT2D eigenvalue weighted by Crippen LogP contribution is -2.31. The van der Waals surface area contributed by atoms with Crippen LogP contribution in [0.25, 0.3) is 0 Å². The highest BCUT2D eigenvalue weighted by Gasteiger charge is 2.33. The van der Waals surface area contributed by atoms with Crippen LogP contribution in [0.15, 0.2) is 0 Å². The molecule has 1 aliphatic heterocycles. The van der Waals surface area contributed by atoms with Gasteiger partial charge in [0.25, 0.3) is 0 Å². The van der Waals surface area contributed by atoms with E-state index in [2.05, 4.69) is 26.1 Å². The molecule has 0 aliphatic carbocycles. The molecule has 0 radical (unpaired) electrons. The van der Waals surface area contributed by atoms with Gasteiger partial charge in [-0.05, 0) is 43.7 Å². The number of sulfone groups is 1. The number of rotatable bonds is 10. The van der Waals surface area contributed by atoms with Crippen LogP contribution in [-0.2, 0) is 9.84 Å². The molecule has 1 N–H and O–H groups in total. The number of hydrogen-bond acceptors (Lipinski definition) is 3. The summed E-state index contributed by atoms with van der Waals surface area (Å²) in [6.07, 6.45) is 7.16. The summed E-state index contributed by atoms with van der Waals surface area (Å²) in [5.41, 5.74) is 0. The topological polar surface area (TPSA) is 46.2 Å². The first kappa shape index (κ1) is 18.0. The molecule has 2 unspecified atom stereocenters. The maximum atomic E-state index is 11.7. The van der Waals surface area contributed by atoms with Crippen molar-refractivity contribution in [2.75, 3.05) is 24.6 Å². The van der Waals surface area contributed by atoms with Crippen molar-refractivity contribution in [3.8, 4) is 0 Å². The van der Waals surface area contributed by atoms with Crippen molar-refractivity contribution in [2.24, 2.45) is 17.8 Å². The average Bonchev–Trinajstić information content (AvgIpc) is 2.72. The standard InChI is InChI=1S/C16H33NO2S/c1-4-5-6-7-8-15(12-17-11-14(2)3)16-9-10-20(18,19)13-16/h14-17H,4-13H2,1-3H3. The molecule has 0 amide bonds. The van der Waals surface area contributed by atoms with E-state index in [1.54, 1.807) is 0 Å². The van der Waals surface area contributed by atoms with Gasteiger partial charge in [0.05, 0.1) is 11.5 Å².